The minimum absolute atomic E-state index is 0.615. The molecule has 0 saturated heterocycles. The van der Waals surface area contributed by atoms with E-state index in [2.05, 4.69) is 17.1 Å². The van der Waals surface area contributed by atoms with E-state index >= 15 is 0 Å². The van der Waals surface area contributed by atoms with Crippen molar-refractivity contribution in [3.05, 3.63) is 30.2 Å². The van der Waals surface area contributed by atoms with Crippen molar-refractivity contribution in [2.24, 2.45) is 0 Å². The third-order valence-electron chi connectivity index (χ3n) is 2.61. The number of aryl methyl sites for hydroxylation is 1. The van der Waals surface area contributed by atoms with Crippen LogP contribution >= 0.6 is 0 Å². The van der Waals surface area contributed by atoms with E-state index in [1.807, 2.05) is 24.3 Å². The van der Waals surface area contributed by atoms with Crippen molar-refractivity contribution < 1.29 is 4.52 Å². The van der Waals surface area contributed by atoms with Crippen molar-refractivity contribution in [3.8, 4) is 11.4 Å². The third-order valence-corrected chi connectivity index (χ3v) is 2.61. The topological polar surface area (TPSA) is 64.9 Å². The van der Waals surface area contributed by atoms with Crippen molar-refractivity contribution in [2.75, 3.05) is 5.73 Å². The molecule has 1 aromatic heterocycles. The fourth-order valence-electron chi connectivity index (χ4n) is 1.68. The molecule has 0 aliphatic heterocycles. The molecule has 2 rings (SSSR count). The van der Waals surface area contributed by atoms with Crippen molar-refractivity contribution in [3.63, 3.8) is 0 Å². The van der Waals surface area contributed by atoms with E-state index in [0.717, 1.165) is 18.4 Å². The summed E-state index contributed by atoms with van der Waals surface area (Å²) < 4.78 is 5.20. The second-order valence-electron chi connectivity index (χ2n) is 4.09. The molecule has 0 aliphatic rings. The number of nitrogen functional groups attached to an aromatic ring is 1. The van der Waals surface area contributed by atoms with Crippen LogP contribution in [0.1, 0.15) is 32.1 Å². The third kappa shape index (κ3) is 3.06. The summed E-state index contributed by atoms with van der Waals surface area (Å²) in [6, 6.07) is 7.50. The van der Waals surface area contributed by atoms with Crippen LogP contribution in [0.3, 0.4) is 0 Å². The molecule has 0 radical (unpaired) electrons. The Hall–Kier alpha value is -1.84. The van der Waals surface area contributed by atoms with Crippen LogP contribution in [0, 0.1) is 0 Å². The maximum absolute atomic E-state index is 5.71. The van der Waals surface area contributed by atoms with Gasteiger partial charge in [0.1, 0.15) is 0 Å². The largest absolute Gasteiger partial charge is 0.399 e. The Morgan fingerprint density at radius 3 is 2.94 bits per heavy atom. The van der Waals surface area contributed by atoms with Gasteiger partial charge in [-0.15, -0.1) is 0 Å². The predicted octanol–water partition coefficient (Wildman–Crippen LogP) is 3.05. The summed E-state index contributed by atoms with van der Waals surface area (Å²) in [5.41, 5.74) is 7.32. The van der Waals surface area contributed by atoms with Crippen LogP contribution in [0.4, 0.5) is 5.69 Å². The standard InChI is InChI=1S/C13H17N3O/c1-2-3-4-8-12-15-13(16-17-12)10-6-5-7-11(14)9-10/h5-7,9H,2-4,8,14H2,1H3. The zero-order chi connectivity index (χ0) is 12.1. The fourth-order valence-corrected chi connectivity index (χ4v) is 1.68. The number of hydrogen-bond acceptors (Lipinski definition) is 4. The lowest BCUT2D eigenvalue weighted by molar-refractivity contribution is 0.374. The van der Waals surface area contributed by atoms with Crippen LogP contribution in [0.25, 0.3) is 11.4 Å². The Kier molecular flexibility index (Phi) is 3.75. The average molecular weight is 231 g/mol. The highest BCUT2D eigenvalue weighted by atomic mass is 16.5. The summed E-state index contributed by atoms with van der Waals surface area (Å²) in [6.07, 6.45) is 4.32. The summed E-state index contributed by atoms with van der Waals surface area (Å²) in [5, 5.41) is 3.96. The van der Waals surface area contributed by atoms with Gasteiger partial charge in [0.05, 0.1) is 0 Å². The van der Waals surface area contributed by atoms with Gasteiger partial charge in [0.25, 0.3) is 0 Å². The van der Waals surface area contributed by atoms with E-state index in [-0.39, 0.29) is 0 Å². The molecule has 0 bridgehead atoms. The Morgan fingerprint density at radius 1 is 1.29 bits per heavy atom. The van der Waals surface area contributed by atoms with Crippen LogP contribution in [-0.2, 0) is 6.42 Å². The molecule has 4 heteroatoms. The van der Waals surface area contributed by atoms with Gasteiger partial charge in [-0.25, -0.2) is 0 Å². The number of aromatic nitrogens is 2. The first-order valence-corrected chi connectivity index (χ1v) is 5.98. The van der Waals surface area contributed by atoms with Crippen molar-refractivity contribution in [1.29, 1.82) is 0 Å². The zero-order valence-corrected chi connectivity index (χ0v) is 10.0. The molecule has 17 heavy (non-hydrogen) atoms. The molecule has 2 N–H and O–H groups in total. The maximum atomic E-state index is 5.71. The molecule has 1 aromatic carbocycles. The minimum Gasteiger partial charge on any atom is -0.399 e. The molecule has 2 aromatic rings. The van der Waals surface area contributed by atoms with Gasteiger partial charge in [-0.3, -0.25) is 0 Å². The monoisotopic (exact) mass is 231 g/mol. The van der Waals surface area contributed by atoms with Gasteiger partial charge in [0.2, 0.25) is 11.7 Å². The van der Waals surface area contributed by atoms with E-state index in [0.29, 0.717) is 17.4 Å². The van der Waals surface area contributed by atoms with Crippen LogP contribution < -0.4 is 5.73 Å². The molecule has 0 aliphatic carbocycles. The fraction of sp³-hybridized carbons (Fsp3) is 0.385. The van der Waals surface area contributed by atoms with Crippen molar-refractivity contribution in [2.45, 2.75) is 32.6 Å². The molecule has 0 atom stereocenters. The quantitative estimate of drug-likeness (QED) is 0.634. The molecule has 0 unspecified atom stereocenters. The Balaban J connectivity index is 2.07. The van der Waals surface area contributed by atoms with E-state index in [9.17, 15) is 0 Å². The summed E-state index contributed by atoms with van der Waals surface area (Å²) in [7, 11) is 0. The number of nitrogens with zero attached hydrogens (tertiary/aromatic N) is 2. The van der Waals surface area contributed by atoms with E-state index in [1.54, 1.807) is 0 Å². The lowest BCUT2D eigenvalue weighted by Gasteiger charge is -1.95. The highest BCUT2D eigenvalue weighted by Crippen LogP contribution is 2.18. The van der Waals surface area contributed by atoms with Crippen molar-refractivity contribution >= 4 is 5.69 Å². The first-order valence-electron chi connectivity index (χ1n) is 5.98. The van der Waals surface area contributed by atoms with Gasteiger partial charge in [-0.05, 0) is 18.6 Å². The normalized spacial score (nSPS) is 10.6. The summed E-state index contributed by atoms with van der Waals surface area (Å²) in [4.78, 5) is 4.36. The van der Waals surface area contributed by atoms with Gasteiger partial charge in [-0.1, -0.05) is 37.1 Å². The molecule has 0 fully saturated rings. The van der Waals surface area contributed by atoms with Gasteiger partial charge >= 0.3 is 0 Å². The molecular weight excluding hydrogens is 214 g/mol. The summed E-state index contributed by atoms with van der Waals surface area (Å²) >= 11 is 0. The van der Waals surface area contributed by atoms with Gasteiger partial charge < -0.3 is 10.3 Å². The lowest BCUT2D eigenvalue weighted by atomic mass is 10.2. The van der Waals surface area contributed by atoms with Gasteiger partial charge in [-0.2, -0.15) is 4.98 Å². The zero-order valence-electron chi connectivity index (χ0n) is 10.0. The molecule has 0 saturated carbocycles. The average Bonchev–Trinajstić information content (AvgIpc) is 2.78. The van der Waals surface area contributed by atoms with E-state index in [4.69, 9.17) is 10.3 Å². The Labute approximate surface area is 101 Å². The van der Waals surface area contributed by atoms with E-state index < -0.39 is 0 Å². The summed E-state index contributed by atoms with van der Waals surface area (Å²) in [6.45, 7) is 2.17. The lowest BCUT2D eigenvalue weighted by Crippen LogP contribution is -1.88. The van der Waals surface area contributed by atoms with Crippen LogP contribution in [0.15, 0.2) is 28.8 Å². The maximum Gasteiger partial charge on any atom is 0.226 e. The second kappa shape index (κ2) is 5.48. The van der Waals surface area contributed by atoms with Gasteiger partial charge in [0, 0.05) is 17.7 Å². The second-order valence-corrected chi connectivity index (χ2v) is 4.09. The first kappa shape index (κ1) is 11.6. The molecule has 1 heterocycles. The number of nitrogens with two attached hydrogens (primary N) is 1. The number of hydrogen-bond donors (Lipinski definition) is 1. The smallest absolute Gasteiger partial charge is 0.226 e. The van der Waals surface area contributed by atoms with Crippen molar-refractivity contribution in [1.82, 2.24) is 10.1 Å². The number of benzene rings is 1. The highest BCUT2D eigenvalue weighted by molar-refractivity contribution is 5.60. The first-order chi connectivity index (χ1) is 8.29. The minimum atomic E-state index is 0.615. The molecular formula is C13H17N3O. The highest BCUT2D eigenvalue weighted by Gasteiger charge is 2.08. The Bertz CT molecular complexity index is 479. The predicted molar refractivity (Wildman–Crippen MR) is 67.4 cm³/mol. The summed E-state index contributed by atoms with van der Waals surface area (Å²) in [5.74, 6) is 1.32. The molecule has 0 amide bonds. The molecule has 0 spiro atoms. The number of rotatable bonds is 5. The van der Waals surface area contributed by atoms with Crippen LogP contribution in [0.2, 0.25) is 0 Å². The molecule has 4 nitrogen and oxygen atoms in total. The number of unbranched alkanes of at least 4 members (excludes halogenated alkanes) is 2. The van der Waals surface area contributed by atoms with E-state index in [1.165, 1.54) is 12.8 Å². The van der Waals surface area contributed by atoms with Crippen LogP contribution in [-0.4, -0.2) is 10.1 Å². The SMILES string of the molecule is CCCCCc1nc(-c2cccc(N)c2)no1. The number of anilines is 1. The Morgan fingerprint density at radius 2 is 2.18 bits per heavy atom. The van der Waals surface area contributed by atoms with Gasteiger partial charge in [0.15, 0.2) is 0 Å². The molecule has 90 valence electrons. The van der Waals surface area contributed by atoms with Crippen LogP contribution in [0.5, 0.6) is 0 Å².